The summed E-state index contributed by atoms with van der Waals surface area (Å²) < 4.78 is 6.84. The Hall–Kier alpha value is -2.34. The van der Waals surface area contributed by atoms with Gasteiger partial charge in [0.1, 0.15) is 5.82 Å². The Morgan fingerprint density at radius 1 is 1.45 bits per heavy atom. The first-order valence-electron chi connectivity index (χ1n) is 6.56. The van der Waals surface area contributed by atoms with Crippen LogP contribution in [0.4, 0.5) is 5.82 Å². The number of rotatable bonds is 5. The molecule has 3 heterocycles. The van der Waals surface area contributed by atoms with Crippen LogP contribution in [-0.4, -0.2) is 32.4 Å². The smallest absolute Gasteiger partial charge is 0.165 e. The van der Waals surface area contributed by atoms with Crippen LogP contribution in [-0.2, 0) is 0 Å². The molecule has 0 aliphatic rings. The van der Waals surface area contributed by atoms with Gasteiger partial charge < -0.3 is 14.8 Å². The van der Waals surface area contributed by atoms with Gasteiger partial charge in [-0.05, 0) is 18.6 Å². The van der Waals surface area contributed by atoms with Gasteiger partial charge >= 0.3 is 0 Å². The molecular weight excluding hydrogens is 256 g/mol. The average Bonchev–Trinajstić information content (AvgIpc) is 3.13. The first kappa shape index (κ1) is 12.7. The zero-order valence-electron chi connectivity index (χ0n) is 11.2. The quantitative estimate of drug-likeness (QED) is 0.744. The molecule has 1 unspecified atom stereocenters. The predicted octanol–water partition coefficient (Wildman–Crippen LogP) is 2.17. The van der Waals surface area contributed by atoms with Gasteiger partial charge in [-0.25, -0.2) is 4.98 Å². The highest BCUT2D eigenvalue weighted by Crippen LogP contribution is 2.25. The number of furan rings is 1. The Balaban J connectivity index is 2.04. The highest BCUT2D eigenvalue weighted by molar-refractivity contribution is 5.77. The largest absolute Gasteiger partial charge is 0.472 e. The lowest BCUT2D eigenvalue weighted by atomic mass is 10.2. The fourth-order valence-corrected chi connectivity index (χ4v) is 2.11. The van der Waals surface area contributed by atoms with Crippen molar-refractivity contribution in [1.82, 2.24) is 14.6 Å². The number of aromatic nitrogens is 3. The maximum Gasteiger partial charge on any atom is 0.165 e. The molecule has 0 amide bonds. The van der Waals surface area contributed by atoms with E-state index < -0.39 is 0 Å². The molecule has 0 fully saturated rings. The summed E-state index contributed by atoms with van der Waals surface area (Å²) in [6.45, 7) is 2.10. The minimum absolute atomic E-state index is 0.00201. The maximum absolute atomic E-state index is 9.29. The molecule has 1 atom stereocenters. The Bertz CT molecular complexity index is 686. The number of nitrogens with one attached hydrogen (secondary N) is 1. The van der Waals surface area contributed by atoms with Gasteiger partial charge in [0, 0.05) is 17.3 Å². The lowest BCUT2D eigenvalue weighted by Crippen LogP contribution is -2.24. The fraction of sp³-hybridized carbons (Fsp3) is 0.286. The molecule has 104 valence electrons. The molecule has 2 N–H and O–H groups in total. The molecule has 3 rings (SSSR count). The Morgan fingerprint density at radius 2 is 2.35 bits per heavy atom. The van der Waals surface area contributed by atoms with E-state index in [2.05, 4.69) is 15.4 Å². The molecule has 20 heavy (non-hydrogen) atoms. The van der Waals surface area contributed by atoms with Crippen LogP contribution in [0, 0.1) is 0 Å². The Labute approximate surface area is 116 Å². The number of fused-ring (bicyclic) bond motifs is 1. The molecule has 0 saturated heterocycles. The molecule has 0 radical (unpaired) electrons. The van der Waals surface area contributed by atoms with Crippen LogP contribution in [0.25, 0.3) is 16.8 Å². The average molecular weight is 272 g/mol. The van der Waals surface area contributed by atoms with Gasteiger partial charge in [-0.2, -0.15) is 9.61 Å². The van der Waals surface area contributed by atoms with Crippen molar-refractivity contribution in [2.45, 2.75) is 19.4 Å². The van der Waals surface area contributed by atoms with Gasteiger partial charge in [-0.15, -0.1) is 0 Å². The van der Waals surface area contributed by atoms with Crippen LogP contribution in [0.2, 0.25) is 0 Å². The second-order valence-corrected chi connectivity index (χ2v) is 4.57. The lowest BCUT2D eigenvalue weighted by molar-refractivity contribution is 0.271. The van der Waals surface area contributed by atoms with Crippen LogP contribution in [0.5, 0.6) is 0 Å². The zero-order valence-corrected chi connectivity index (χ0v) is 11.2. The van der Waals surface area contributed by atoms with Gasteiger partial charge in [0.05, 0.1) is 31.4 Å². The summed E-state index contributed by atoms with van der Waals surface area (Å²) in [7, 11) is 0. The number of anilines is 1. The van der Waals surface area contributed by atoms with Crippen LogP contribution in [0.3, 0.4) is 0 Å². The van der Waals surface area contributed by atoms with Gasteiger partial charge in [-0.3, -0.25) is 0 Å². The van der Waals surface area contributed by atoms with Crippen LogP contribution < -0.4 is 5.32 Å². The molecule has 3 aromatic rings. The predicted molar refractivity (Wildman–Crippen MR) is 75.5 cm³/mol. The zero-order chi connectivity index (χ0) is 13.9. The number of nitrogens with zero attached hydrogens (tertiary/aromatic N) is 3. The number of aliphatic hydroxyl groups is 1. The summed E-state index contributed by atoms with van der Waals surface area (Å²) in [5.74, 6) is 0.811. The van der Waals surface area contributed by atoms with E-state index in [4.69, 9.17) is 4.42 Å². The second kappa shape index (κ2) is 5.34. The molecule has 0 spiro atoms. The first-order chi connectivity index (χ1) is 9.83. The van der Waals surface area contributed by atoms with E-state index in [0.717, 1.165) is 29.0 Å². The van der Waals surface area contributed by atoms with E-state index in [1.165, 1.54) is 0 Å². The fourth-order valence-electron chi connectivity index (χ4n) is 2.11. The van der Waals surface area contributed by atoms with E-state index in [1.807, 2.05) is 19.1 Å². The minimum Gasteiger partial charge on any atom is -0.472 e. The third-order valence-corrected chi connectivity index (χ3v) is 3.30. The van der Waals surface area contributed by atoms with E-state index in [0.29, 0.717) is 0 Å². The van der Waals surface area contributed by atoms with Gasteiger partial charge in [0.25, 0.3) is 0 Å². The van der Waals surface area contributed by atoms with Crippen molar-refractivity contribution in [1.29, 1.82) is 0 Å². The van der Waals surface area contributed by atoms with E-state index >= 15 is 0 Å². The highest BCUT2D eigenvalue weighted by Gasteiger charge is 2.13. The monoisotopic (exact) mass is 272 g/mol. The van der Waals surface area contributed by atoms with Crippen molar-refractivity contribution in [2.75, 3.05) is 11.9 Å². The highest BCUT2D eigenvalue weighted by atomic mass is 16.3. The number of hydrogen-bond acceptors (Lipinski definition) is 5. The van der Waals surface area contributed by atoms with E-state index in [9.17, 15) is 5.11 Å². The Morgan fingerprint density at radius 3 is 3.05 bits per heavy atom. The molecule has 0 aromatic carbocycles. The van der Waals surface area contributed by atoms with Crippen molar-refractivity contribution >= 4 is 11.5 Å². The van der Waals surface area contributed by atoms with Crippen molar-refractivity contribution in [2.24, 2.45) is 0 Å². The molecule has 3 aromatic heterocycles. The molecule has 0 aliphatic carbocycles. The summed E-state index contributed by atoms with van der Waals surface area (Å²) in [6, 6.07) is 3.72. The van der Waals surface area contributed by atoms with Crippen LogP contribution in [0.1, 0.15) is 13.3 Å². The van der Waals surface area contributed by atoms with Crippen molar-refractivity contribution < 1.29 is 9.52 Å². The van der Waals surface area contributed by atoms with E-state index in [-0.39, 0.29) is 12.6 Å². The Kier molecular flexibility index (Phi) is 3.39. The number of aliphatic hydroxyl groups excluding tert-OH is 1. The summed E-state index contributed by atoms with van der Waals surface area (Å²) in [5.41, 5.74) is 2.61. The maximum atomic E-state index is 9.29. The molecule has 0 saturated carbocycles. The van der Waals surface area contributed by atoms with Gasteiger partial charge in [-0.1, -0.05) is 6.92 Å². The molecule has 6 nitrogen and oxygen atoms in total. The van der Waals surface area contributed by atoms with Crippen molar-refractivity contribution in [3.63, 3.8) is 0 Å². The molecule has 6 heteroatoms. The third kappa shape index (κ3) is 2.14. The van der Waals surface area contributed by atoms with Crippen LogP contribution >= 0.6 is 0 Å². The summed E-state index contributed by atoms with van der Waals surface area (Å²) in [5, 5.41) is 16.9. The first-order valence-corrected chi connectivity index (χ1v) is 6.56. The summed E-state index contributed by atoms with van der Waals surface area (Å²) in [6.07, 6.45) is 7.61. The van der Waals surface area contributed by atoms with Crippen molar-refractivity contribution in [3.8, 4) is 11.1 Å². The normalized spacial score (nSPS) is 12.7. The van der Waals surface area contributed by atoms with Crippen molar-refractivity contribution in [3.05, 3.63) is 37.1 Å². The SMILES string of the molecule is CCC(CO)Nc1ccnc2c(-c3ccoc3)cnn12. The minimum atomic E-state index is 0.00201. The molecule has 0 aliphatic heterocycles. The number of hydrogen-bond donors (Lipinski definition) is 2. The topological polar surface area (TPSA) is 75.6 Å². The summed E-state index contributed by atoms with van der Waals surface area (Å²) in [4.78, 5) is 4.37. The van der Waals surface area contributed by atoms with Gasteiger partial charge in [0.15, 0.2) is 5.65 Å². The van der Waals surface area contributed by atoms with Crippen LogP contribution in [0.15, 0.2) is 41.5 Å². The van der Waals surface area contributed by atoms with E-state index in [1.54, 1.807) is 29.4 Å². The second-order valence-electron chi connectivity index (χ2n) is 4.57. The van der Waals surface area contributed by atoms with Gasteiger partial charge in [0.2, 0.25) is 0 Å². The lowest BCUT2D eigenvalue weighted by Gasteiger charge is -2.15. The molecular formula is C14H16N4O2. The summed E-state index contributed by atoms with van der Waals surface area (Å²) >= 11 is 0. The molecule has 0 bridgehead atoms. The standard InChI is InChI=1S/C14H16N4O2/c1-2-11(8-19)17-13-3-5-15-14-12(7-16-18(13)14)10-4-6-20-9-10/h3-7,9,11,17,19H,2,8H2,1H3. The third-order valence-electron chi connectivity index (χ3n) is 3.30.